The molecule has 0 fully saturated rings. The zero-order chi connectivity index (χ0) is 21.2. The molecule has 0 bridgehead atoms. The van der Waals surface area contributed by atoms with Crippen molar-refractivity contribution in [3.8, 4) is 0 Å². The fourth-order valence-corrected chi connectivity index (χ4v) is 3.79. The summed E-state index contributed by atoms with van der Waals surface area (Å²) in [5, 5.41) is 15.6. The number of rotatable bonds is 11. The Kier molecular flexibility index (Phi) is 8.24. The van der Waals surface area contributed by atoms with Gasteiger partial charge in [0.1, 0.15) is 5.82 Å². The quantitative estimate of drug-likeness (QED) is 0.493. The van der Waals surface area contributed by atoms with E-state index in [-0.39, 0.29) is 5.91 Å². The number of nitrogens with one attached hydrogen (secondary N) is 2. The Hall–Kier alpha value is -2.89. The molecule has 6 heteroatoms. The number of pyridine rings is 1. The van der Waals surface area contributed by atoms with Crippen LogP contribution in [0.1, 0.15) is 48.9 Å². The Morgan fingerprint density at radius 3 is 2.77 bits per heavy atom. The lowest BCUT2D eigenvalue weighted by atomic mass is 9.96. The third-order valence-electron chi connectivity index (χ3n) is 5.53. The van der Waals surface area contributed by atoms with Crippen LogP contribution >= 0.6 is 0 Å². The van der Waals surface area contributed by atoms with Crippen LogP contribution in [-0.4, -0.2) is 35.1 Å². The van der Waals surface area contributed by atoms with Gasteiger partial charge in [0, 0.05) is 25.2 Å². The maximum atomic E-state index is 12.1. The van der Waals surface area contributed by atoms with Crippen LogP contribution in [0.2, 0.25) is 0 Å². The van der Waals surface area contributed by atoms with Crippen molar-refractivity contribution in [2.75, 3.05) is 18.4 Å². The molecule has 1 aromatic heterocycles. The van der Waals surface area contributed by atoms with Crippen molar-refractivity contribution in [3.05, 3.63) is 59.3 Å². The molecule has 1 aromatic carbocycles. The maximum Gasteiger partial charge on any atom is 0.306 e. The number of anilines is 1. The Balaban J connectivity index is 1.32. The van der Waals surface area contributed by atoms with Crippen LogP contribution in [0.4, 0.5) is 5.82 Å². The number of aromatic nitrogens is 1. The maximum absolute atomic E-state index is 12.1. The van der Waals surface area contributed by atoms with Crippen molar-refractivity contribution in [3.63, 3.8) is 0 Å². The minimum atomic E-state index is -0.819. The number of carboxylic acids is 1. The summed E-state index contributed by atoms with van der Waals surface area (Å²) in [6.45, 7) is 1.37. The number of carboxylic acid groups (broad SMARTS) is 1. The minimum Gasteiger partial charge on any atom is -0.481 e. The Morgan fingerprint density at radius 1 is 1.13 bits per heavy atom. The molecule has 2 heterocycles. The molecule has 0 spiro atoms. The number of hydrogen-bond donors (Lipinski definition) is 3. The van der Waals surface area contributed by atoms with Gasteiger partial charge in [0.15, 0.2) is 0 Å². The van der Waals surface area contributed by atoms with Gasteiger partial charge in [-0.15, -0.1) is 0 Å². The summed E-state index contributed by atoms with van der Waals surface area (Å²) in [5.74, 6) is -0.310. The molecule has 2 aromatic rings. The average Bonchev–Trinajstić information content (AvgIpc) is 2.76. The van der Waals surface area contributed by atoms with Gasteiger partial charge in [-0.25, -0.2) is 4.98 Å². The molecule has 1 atom stereocenters. The predicted molar refractivity (Wildman–Crippen MR) is 118 cm³/mol. The second kappa shape index (κ2) is 11.3. The number of unbranched alkanes of at least 4 members (excludes halogenated alkanes) is 1. The van der Waals surface area contributed by atoms with Crippen LogP contribution in [0.3, 0.4) is 0 Å². The Morgan fingerprint density at radius 2 is 1.97 bits per heavy atom. The van der Waals surface area contributed by atoms with E-state index in [9.17, 15) is 14.7 Å². The van der Waals surface area contributed by atoms with E-state index in [0.29, 0.717) is 25.8 Å². The first-order valence-corrected chi connectivity index (χ1v) is 10.9. The number of fused-ring (bicyclic) bond motifs is 1. The Labute approximate surface area is 178 Å². The highest BCUT2D eigenvalue weighted by Crippen LogP contribution is 2.20. The normalized spacial score (nSPS) is 13.7. The fourth-order valence-electron chi connectivity index (χ4n) is 3.79. The van der Waals surface area contributed by atoms with E-state index < -0.39 is 11.9 Å². The van der Waals surface area contributed by atoms with E-state index >= 15 is 0 Å². The first-order valence-electron chi connectivity index (χ1n) is 10.9. The molecule has 0 saturated heterocycles. The van der Waals surface area contributed by atoms with E-state index in [1.807, 2.05) is 30.3 Å². The molecule has 160 valence electrons. The molecule has 1 unspecified atom stereocenters. The molecule has 30 heavy (non-hydrogen) atoms. The smallest absolute Gasteiger partial charge is 0.306 e. The summed E-state index contributed by atoms with van der Waals surface area (Å²) in [6.07, 6.45) is 6.18. The van der Waals surface area contributed by atoms with Crippen LogP contribution < -0.4 is 10.6 Å². The molecule has 0 saturated carbocycles. The molecule has 6 nitrogen and oxygen atoms in total. The van der Waals surface area contributed by atoms with Gasteiger partial charge in [0.25, 0.3) is 0 Å². The van der Waals surface area contributed by atoms with Gasteiger partial charge in [-0.2, -0.15) is 0 Å². The number of carbonyl (C=O) groups excluding carboxylic acids is 1. The number of amides is 1. The fraction of sp³-hybridized carbons (Fsp3) is 0.458. The van der Waals surface area contributed by atoms with E-state index in [2.05, 4.69) is 27.8 Å². The van der Waals surface area contributed by atoms with Gasteiger partial charge in [-0.1, -0.05) is 36.4 Å². The highest BCUT2D eigenvalue weighted by Gasteiger charge is 2.18. The second-order valence-corrected chi connectivity index (χ2v) is 7.91. The first kappa shape index (κ1) is 21.8. The van der Waals surface area contributed by atoms with Crippen LogP contribution in [0, 0.1) is 5.92 Å². The molecular weight excluding hydrogens is 378 g/mol. The summed E-state index contributed by atoms with van der Waals surface area (Å²) in [7, 11) is 0. The average molecular weight is 410 g/mol. The van der Waals surface area contributed by atoms with E-state index in [1.165, 1.54) is 5.56 Å². The standard InChI is InChI=1S/C24H31N3O3/c28-22(25-16-14-20(24(29)30)17-18-7-2-1-3-8-18)11-5-4-10-21-13-12-19-9-6-15-26-23(19)27-21/h1-3,7-8,12-13,20H,4-6,9-11,14-17H2,(H,25,28)(H,26,27)(H,29,30). The number of aryl methyl sites for hydroxylation is 2. The summed E-state index contributed by atoms with van der Waals surface area (Å²) < 4.78 is 0. The number of aliphatic carboxylic acids is 1. The highest BCUT2D eigenvalue weighted by molar-refractivity contribution is 5.76. The largest absolute Gasteiger partial charge is 0.481 e. The van der Waals surface area contributed by atoms with Crippen molar-refractivity contribution < 1.29 is 14.7 Å². The zero-order valence-electron chi connectivity index (χ0n) is 17.4. The number of hydrogen-bond acceptors (Lipinski definition) is 4. The van der Waals surface area contributed by atoms with Crippen LogP contribution in [0.15, 0.2) is 42.5 Å². The molecule has 1 amide bonds. The van der Waals surface area contributed by atoms with Crippen LogP contribution in [0.5, 0.6) is 0 Å². The molecular formula is C24H31N3O3. The summed E-state index contributed by atoms with van der Waals surface area (Å²) in [6, 6.07) is 13.8. The van der Waals surface area contributed by atoms with Crippen LogP contribution in [0.25, 0.3) is 0 Å². The van der Waals surface area contributed by atoms with Crippen molar-refractivity contribution in [1.82, 2.24) is 10.3 Å². The molecule has 1 aliphatic rings. The Bertz CT molecular complexity index is 839. The van der Waals surface area contributed by atoms with Gasteiger partial charge >= 0.3 is 5.97 Å². The highest BCUT2D eigenvalue weighted by atomic mass is 16.4. The second-order valence-electron chi connectivity index (χ2n) is 7.91. The molecule has 3 rings (SSSR count). The van der Waals surface area contributed by atoms with Crippen molar-refractivity contribution in [1.29, 1.82) is 0 Å². The van der Waals surface area contributed by atoms with Gasteiger partial charge < -0.3 is 15.7 Å². The van der Waals surface area contributed by atoms with Crippen molar-refractivity contribution >= 4 is 17.7 Å². The van der Waals surface area contributed by atoms with Crippen molar-refractivity contribution in [2.45, 2.75) is 51.4 Å². The number of carbonyl (C=O) groups is 2. The summed E-state index contributed by atoms with van der Waals surface area (Å²) >= 11 is 0. The molecule has 0 aliphatic carbocycles. The summed E-state index contributed by atoms with van der Waals surface area (Å²) in [4.78, 5) is 28.2. The third kappa shape index (κ3) is 6.87. The van der Waals surface area contributed by atoms with Crippen LogP contribution in [-0.2, 0) is 28.9 Å². The first-order chi connectivity index (χ1) is 14.6. The van der Waals surface area contributed by atoms with E-state index in [0.717, 1.165) is 55.7 Å². The molecule has 3 N–H and O–H groups in total. The summed E-state index contributed by atoms with van der Waals surface area (Å²) in [5.41, 5.74) is 3.35. The third-order valence-corrected chi connectivity index (χ3v) is 5.53. The van der Waals surface area contributed by atoms with Gasteiger partial charge in [-0.3, -0.25) is 9.59 Å². The van der Waals surface area contributed by atoms with Crippen molar-refractivity contribution in [2.24, 2.45) is 5.92 Å². The number of benzene rings is 1. The predicted octanol–water partition coefficient (Wildman–Crippen LogP) is 3.60. The van der Waals surface area contributed by atoms with Gasteiger partial charge in [-0.05, 0) is 62.1 Å². The zero-order valence-corrected chi connectivity index (χ0v) is 17.4. The SMILES string of the molecule is O=C(CCCCc1ccc2c(n1)NCCC2)NCCC(Cc1ccccc1)C(=O)O. The molecule has 1 aliphatic heterocycles. The van der Waals surface area contributed by atoms with E-state index in [4.69, 9.17) is 0 Å². The lowest BCUT2D eigenvalue weighted by Gasteiger charge is -2.17. The van der Waals surface area contributed by atoms with E-state index in [1.54, 1.807) is 0 Å². The topological polar surface area (TPSA) is 91.3 Å². The minimum absolute atomic E-state index is 0.0149. The lowest BCUT2D eigenvalue weighted by Crippen LogP contribution is -2.28. The number of nitrogens with zero attached hydrogens (tertiary/aromatic N) is 1. The molecule has 0 radical (unpaired) electrons. The monoisotopic (exact) mass is 409 g/mol. The lowest BCUT2D eigenvalue weighted by molar-refractivity contribution is -0.142. The van der Waals surface area contributed by atoms with Gasteiger partial charge in [0.05, 0.1) is 5.92 Å². The van der Waals surface area contributed by atoms with Gasteiger partial charge in [0.2, 0.25) is 5.91 Å².